The predicted molar refractivity (Wildman–Crippen MR) is 98.3 cm³/mol. The maximum atomic E-state index is 12.6. The third-order valence-corrected chi connectivity index (χ3v) is 4.85. The average Bonchev–Trinajstić information content (AvgIpc) is 3.03. The Bertz CT molecular complexity index is 800. The molecule has 138 valence electrons. The van der Waals surface area contributed by atoms with Crippen LogP contribution in [0.3, 0.4) is 0 Å². The van der Waals surface area contributed by atoms with Crippen molar-refractivity contribution < 1.29 is 14.0 Å². The summed E-state index contributed by atoms with van der Waals surface area (Å²) < 4.78 is 5.76. The Morgan fingerprint density at radius 1 is 1.12 bits per heavy atom. The number of carbonyl (C=O) groups is 2. The molecule has 2 aromatic rings. The lowest BCUT2D eigenvalue weighted by atomic mass is 9.96. The van der Waals surface area contributed by atoms with Crippen LogP contribution in [-0.2, 0) is 0 Å². The van der Waals surface area contributed by atoms with E-state index in [-0.39, 0.29) is 17.7 Å². The van der Waals surface area contributed by atoms with Gasteiger partial charge in [0.25, 0.3) is 11.8 Å². The van der Waals surface area contributed by atoms with Gasteiger partial charge >= 0.3 is 0 Å². The first kappa shape index (κ1) is 18.2. The van der Waals surface area contributed by atoms with E-state index in [9.17, 15) is 9.59 Å². The first-order chi connectivity index (χ1) is 12.4. The van der Waals surface area contributed by atoms with Crippen LogP contribution < -0.4 is 0 Å². The number of likely N-dealkylation sites (tertiary alicyclic amines) is 1. The van der Waals surface area contributed by atoms with Crippen LogP contribution in [0.1, 0.15) is 56.8 Å². The molecule has 26 heavy (non-hydrogen) atoms. The van der Waals surface area contributed by atoms with Gasteiger partial charge in [-0.2, -0.15) is 0 Å². The second-order valence-corrected chi connectivity index (χ2v) is 7.09. The van der Waals surface area contributed by atoms with Crippen molar-refractivity contribution in [2.45, 2.75) is 32.6 Å². The highest BCUT2D eigenvalue weighted by Crippen LogP contribution is 2.29. The van der Waals surface area contributed by atoms with Gasteiger partial charge in [-0.05, 0) is 38.8 Å². The number of rotatable bonds is 3. The fraction of sp³-hybridized carbons (Fsp3) is 0.450. The highest BCUT2D eigenvalue weighted by Gasteiger charge is 2.29. The normalized spacial score (nSPS) is 15.2. The number of benzene rings is 1. The number of carbonyl (C=O) groups excluding carboxylic acids is 2. The van der Waals surface area contributed by atoms with E-state index in [0.717, 1.165) is 24.0 Å². The van der Waals surface area contributed by atoms with Gasteiger partial charge in [0.2, 0.25) is 0 Å². The highest BCUT2D eigenvalue weighted by atomic mass is 16.4. The minimum atomic E-state index is -0.149. The Morgan fingerprint density at radius 3 is 2.31 bits per heavy atom. The standard InChI is InChI=1S/C20H25N3O3/c1-13-5-7-16(8-6-13)19(24)23-11-9-15(10-12-23)18-21-17(14(2)26-18)20(25)22(3)4/h5-8,15H,9-12H2,1-4H3. The molecule has 3 rings (SSSR count). The molecule has 0 bridgehead atoms. The van der Waals surface area contributed by atoms with Gasteiger partial charge in [0.05, 0.1) is 0 Å². The summed E-state index contributed by atoms with van der Waals surface area (Å²) in [6, 6.07) is 7.66. The van der Waals surface area contributed by atoms with Gasteiger partial charge in [0, 0.05) is 38.7 Å². The van der Waals surface area contributed by atoms with Crippen molar-refractivity contribution in [3.8, 4) is 0 Å². The van der Waals surface area contributed by atoms with Gasteiger partial charge in [-0.15, -0.1) is 0 Å². The second kappa shape index (κ2) is 7.32. The van der Waals surface area contributed by atoms with Crippen molar-refractivity contribution in [3.05, 3.63) is 52.7 Å². The Labute approximate surface area is 153 Å². The Hall–Kier alpha value is -2.63. The van der Waals surface area contributed by atoms with Crippen molar-refractivity contribution in [2.24, 2.45) is 0 Å². The molecule has 1 saturated heterocycles. The minimum Gasteiger partial charge on any atom is -0.445 e. The van der Waals surface area contributed by atoms with E-state index in [2.05, 4.69) is 4.98 Å². The summed E-state index contributed by atoms with van der Waals surface area (Å²) in [5.74, 6) is 1.21. The van der Waals surface area contributed by atoms with E-state index < -0.39 is 0 Å². The number of nitrogens with zero attached hydrogens (tertiary/aromatic N) is 3. The predicted octanol–water partition coefficient (Wildman–Crippen LogP) is 3.01. The SMILES string of the molecule is Cc1ccc(C(=O)N2CCC(c3nc(C(=O)N(C)C)c(C)o3)CC2)cc1. The van der Waals surface area contributed by atoms with Gasteiger partial charge < -0.3 is 14.2 Å². The molecule has 0 aliphatic carbocycles. The Balaban J connectivity index is 1.65. The molecule has 1 aromatic carbocycles. The van der Waals surface area contributed by atoms with E-state index in [0.29, 0.717) is 30.4 Å². The van der Waals surface area contributed by atoms with Crippen molar-refractivity contribution >= 4 is 11.8 Å². The van der Waals surface area contributed by atoms with Crippen LogP contribution in [0, 0.1) is 13.8 Å². The van der Waals surface area contributed by atoms with Gasteiger partial charge in [-0.1, -0.05) is 17.7 Å². The van der Waals surface area contributed by atoms with Crippen LogP contribution in [0.4, 0.5) is 0 Å². The fourth-order valence-electron chi connectivity index (χ4n) is 3.21. The molecule has 0 unspecified atom stereocenters. The largest absolute Gasteiger partial charge is 0.445 e. The van der Waals surface area contributed by atoms with Crippen LogP contribution >= 0.6 is 0 Å². The van der Waals surface area contributed by atoms with Crippen LogP contribution in [0.5, 0.6) is 0 Å². The van der Waals surface area contributed by atoms with Crippen LogP contribution in [0.15, 0.2) is 28.7 Å². The minimum absolute atomic E-state index is 0.0653. The molecule has 2 heterocycles. The van der Waals surface area contributed by atoms with E-state index in [1.807, 2.05) is 36.1 Å². The first-order valence-electron chi connectivity index (χ1n) is 8.91. The van der Waals surface area contributed by atoms with Crippen LogP contribution in [0.2, 0.25) is 0 Å². The zero-order chi connectivity index (χ0) is 18.8. The van der Waals surface area contributed by atoms with E-state index in [1.165, 1.54) is 4.90 Å². The number of hydrogen-bond donors (Lipinski definition) is 0. The molecule has 2 amide bonds. The second-order valence-electron chi connectivity index (χ2n) is 7.09. The molecule has 0 N–H and O–H groups in total. The molecule has 6 nitrogen and oxygen atoms in total. The molecule has 0 saturated carbocycles. The maximum absolute atomic E-state index is 12.6. The van der Waals surface area contributed by atoms with Gasteiger partial charge in [0.15, 0.2) is 11.6 Å². The molecule has 1 aliphatic rings. The summed E-state index contributed by atoms with van der Waals surface area (Å²) in [4.78, 5) is 32.6. The molecule has 0 spiro atoms. The zero-order valence-electron chi connectivity index (χ0n) is 15.8. The summed E-state index contributed by atoms with van der Waals surface area (Å²) in [6.45, 7) is 5.10. The number of aryl methyl sites for hydroxylation is 2. The summed E-state index contributed by atoms with van der Waals surface area (Å²) in [6.07, 6.45) is 1.57. The van der Waals surface area contributed by atoms with Crippen LogP contribution in [-0.4, -0.2) is 53.8 Å². The molecule has 1 aliphatic heterocycles. The lowest BCUT2D eigenvalue weighted by Gasteiger charge is -2.30. The number of amides is 2. The summed E-state index contributed by atoms with van der Waals surface area (Å²) in [5, 5.41) is 0. The number of piperidine rings is 1. The molecule has 0 radical (unpaired) electrons. The van der Waals surface area contributed by atoms with E-state index in [4.69, 9.17) is 4.42 Å². The molecule has 0 atom stereocenters. The maximum Gasteiger partial charge on any atom is 0.275 e. The number of hydrogen-bond acceptors (Lipinski definition) is 4. The summed E-state index contributed by atoms with van der Waals surface area (Å²) in [5.41, 5.74) is 2.24. The number of aromatic nitrogens is 1. The lowest BCUT2D eigenvalue weighted by Crippen LogP contribution is -2.38. The van der Waals surface area contributed by atoms with Gasteiger partial charge in [0.1, 0.15) is 5.76 Å². The molecular formula is C20H25N3O3. The smallest absolute Gasteiger partial charge is 0.275 e. The highest BCUT2D eigenvalue weighted by molar-refractivity contribution is 5.94. The van der Waals surface area contributed by atoms with Crippen LogP contribution in [0.25, 0.3) is 0 Å². The quantitative estimate of drug-likeness (QED) is 0.849. The Morgan fingerprint density at radius 2 is 1.73 bits per heavy atom. The topological polar surface area (TPSA) is 66.7 Å². The van der Waals surface area contributed by atoms with E-state index >= 15 is 0 Å². The monoisotopic (exact) mass is 355 g/mol. The summed E-state index contributed by atoms with van der Waals surface area (Å²) >= 11 is 0. The molecular weight excluding hydrogens is 330 g/mol. The summed E-state index contributed by atoms with van der Waals surface area (Å²) in [7, 11) is 3.40. The lowest BCUT2D eigenvalue weighted by molar-refractivity contribution is 0.0706. The third kappa shape index (κ3) is 3.64. The van der Waals surface area contributed by atoms with E-state index in [1.54, 1.807) is 21.0 Å². The zero-order valence-corrected chi connectivity index (χ0v) is 15.8. The third-order valence-electron chi connectivity index (χ3n) is 4.85. The molecule has 1 aromatic heterocycles. The van der Waals surface area contributed by atoms with Crippen molar-refractivity contribution in [2.75, 3.05) is 27.2 Å². The van der Waals surface area contributed by atoms with Gasteiger partial charge in [-0.25, -0.2) is 4.98 Å². The van der Waals surface area contributed by atoms with Crippen molar-refractivity contribution in [3.63, 3.8) is 0 Å². The van der Waals surface area contributed by atoms with Gasteiger partial charge in [-0.3, -0.25) is 9.59 Å². The Kier molecular flexibility index (Phi) is 5.11. The molecule has 1 fully saturated rings. The number of oxazole rings is 1. The fourth-order valence-corrected chi connectivity index (χ4v) is 3.21. The van der Waals surface area contributed by atoms with Crippen molar-refractivity contribution in [1.29, 1.82) is 0 Å². The molecule has 6 heteroatoms. The van der Waals surface area contributed by atoms with Crippen molar-refractivity contribution in [1.82, 2.24) is 14.8 Å². The average molecular weight is 355 g/mol. The first-order valence-corrected chi connectivity index (χ1v) is 8.91.